The van der Waals surface area contributed by atoms with Crippen molar-refractivity contribution in [1.82, 2.24) is 10.2 Å². The van der Waals surface area contributed by atoms with E-state index < -0.39 is 0 Å². The molecule has 3 fully saturated rings. The average Bonchev–Trinajstić information content (AvgIpc) is 2.95. The molecule has 2 saturated carbocycles. The van der Waals surface area contributed by atoms with Gasteiger partial charge in [0.25, 0.3) is 0 Å². The lowest BCUT2D eigenvalue weighted by Crippen LogP contribution is -2.47. The first kappa shape index (κ1) is 18.4. The van der Waals surface area contributed by atoms with Crippen LogP contribution >= 0.6 is 0 Å². The Morgan fingerprint density at radius 2 is 1.80 bits per heavy atom. The molecule has 25 heavy (non-hydrogen) atoms. The molecule has 0 aromatic carbocycles. The van der Waals surface area contributed by atoms with Crippen molar-refractivity contribution in [2.75, 3.05) is 19.6 Å². The van der Waals surface area contributed by atoms with Gasteiger partial charge in [-0.2, -0.15) is 0 Å². The van der Waals surface area contributed by atoms with Crippen LogP contribution in [-0.4, -0.2) is 42.7 Å². The van der Waals surface area contributed by atoms with Crippen molar-refractivity contribution in [2.24, 2.45) is 27.7 Å². The van der Waals surface area contributed by atoms with Crippen LogP contribution in [-0.2, 0) is 4.79 Å². The van der Waals surface area contributed by atoms with Crippen molar-refractivity contribution >= 4 is 12.1 Å². The lowest BCUT2D eigenvalue weighted by atomic mass is 9.63. The van der Waals surface area contributed by atoms with E-state index in [9.17, 15) is 9.59 Å². The fourth-order valence-electron chi connectivity index (χ4n) is 5.85. The van der Waals surface area contributed by atoms with Gasteiger partial charge >= 0.3 is 6.03 Å². The van der Waals surface area contributed by atoms with Crippen LogP contribution in [0.4, 0.5) is 4.79 Å². The second-order valence-corrected chi connectivity index (χ2v) is 9.80. The molecule has 1 aliphatic heterocycles. The number of rotatable bonds is 3. The first-order chi connectivity index (χ1) is 11.8. The summed E-state index contributed by atoms with van der Waals surface area (Å²) in [5.74, 6) is 1.44. The van der Waals surface area contributed by atoms with Gasteiger partial charge in [-0.25, -0.2) is 14.6 Å². The molecule has 5 nitrogen and oxygen atoms in total. The zero-order chi connectivity index (χ0) is 18.1. The first-order valence-corrected chi connectivity index (χ1v) is 9.90. The Morgan fingerprint density at radius 1 is 1.16 bits per heavy atom. The number of nitrogens with one attached hydrogen (secondary N) is 1. The second kappa shape index (κ2) is 7.11. The maximum Gasteiger partial charge on any atom is 0.317 e. The van der Waals surface area contributed by atoms with Gasteiger partial charge < -0.3 is 10.2 Å². The Kier molecular flexibility index (Phi) is 5.24. The van der Waals surface area contributed by atoms with E-state index in [-0.39, 0.29) is 22.9 Å². The molecule has 4 atom stereocenters. The molecular formula is C20H33N3O2. The predicted octanol–water partition coefficient (Wildman–Crippen LogP) is 3.74. The van der Waals surface area contributed by atoms with Crippen molar-refractivity contribution < 1.29 is 9.59 Å². The Bertz CT molecular complexity index is 541. The van der Waals surface area contributed by atoms with Gasteiger partial charge in [0.1, 0.15) is 0 Å². The third kappa shape index (κ3) is 4.44. The number of nitrogens with zero attached hydrogens (tertiary/aromatic N) is 2. The summed E-state index contributed by atoms with van der Waals surface area (Å²) in [6, 6.07) is 0.118. The number of carbonyl (C=O) groups excluding carboxylic acids is 2. The van der Waals surface area contributed by atoms with E-state index in [1.807, 2.05) is 4.90 Å². The van der Waals surface area contributed by atoms with Crippen molar-refractivity contribution in [3.63, 3.8) is 0 Å². The maximum atomic E-state index is 12.7. The number of carbonyl (C=O) groups is 1. The number of hydrogen-bond acceptors (Lipinski definition) is 3. The summed E-state index contributed by atoms with van der Waals surface area (Å²) in [5.41, 5.74) is 0.111. The molecule has 140 valence electrons. The van der Waals surface area contributed by atoms with Gasteiger partial charge in [-0.3, -0.25) is 0 Å². The third-order valence-electron chi connectivity index (χ3n) is 6.59. The highest BCUT2D eigenvalue weighted by Gasteiger charge is 2.42. The number of isocyanates is 1. The van der Waals surface area contributed by atoms with E-state index in [0.717, 1.165) is 44.2 Å². The molecule has 0 aromatic heterocycles. The molecule has 1 N–H and O–H groups in total. The number of amides is 2. The number of urea groups is 1. The van der Waals surface area contributed by atoms with E-state index >= 15 is 0 Å². The van der Waals surface area contributed by atoms with Gasteiger partial charge in [0.15, 0.2) is 0 Å². The summed E-state index contributed by atoms with van der Waals surface area (Å²) in [6.07, 6.45) is 9.74. The molecule has 2 aliphatic carbocycles. The summed E-state index contributed by atoms with van der Waals surface area (Å²) in [6.45, 7) is 9.18. The van der Waals surface area contributed by atoms with Crippen molar-refractivity contribution in [2.45, 2.75) is 71.8 Å². The topological polar surface area (TPSA) is 61.8 Å². The predicted molar refractivity (Wildman–Crippen MR) is 98.1 cm³/mol. The van der Waals surface area contributed by atoms with E-state index in [4.69, 9.17) is 0 Å². The number of hydrogen-bond donors (Lipinski definition) is 1. The molecule has 1 saturated heterocycles. The number of aliphatic imine (C=N–C) groups is 1. The zero-order valence-electron chi connectivity index (χ0n) is 16.0. The van der Waals surface area contributed by atoms with E-state index in [1.54, 1.807) is 6.08 Å². The smallest absolute Gasteiger partial charge is 0.317 e. The maximum absolute atomic E-state index is 12.7. The van der Waals surface area contributed by atoms with E-state index in [2.05, 4.69) is 31.1 Å². The van der Waals surface area contributed by atoms with Gasteiger partial charge in [-0.15, -0.1) is 0 Å². The molecule has 4 unspecified atom stereocenters. The lowest BCUT2D eigenvalue weighted by Gasteiger charge is -2.45. The van der Waals surface area contributed by atoms with Crippen LogP contribution in [0.2, 0.25) is 0 Å². The average molecular weight is 348 g/mol. The monoisotopic (exact) mass is 347 g/mol. The highest BCUT2D eigenvalue weighted by atomic mass is 16.2. The van der Waals surface area contributed by atoms with E-state index in [1.165, 1.54) is 25.7 Å². The molecule has 1 heterocycles. The molecule has 3 aliphatic rings. The fraction of sp³-hybridized carbons (Fsp3) is 0.900. The summed E-state index contributed by atoms with van der Waals surface area (Å²) < 4.78 is 0. The van der Waals surface area contributed by atoms with E-state index in [0.29, 0.717) is 6.54 Å². The van der Waals surface area contributed by atoms with Crippen molar-refractivity contribution in [3.8, 4) is 0 Å². The highest BCUT2D eigenvalue weighted by Crippen LogP contribution is 2.46. The highest BCUT2D eigenvalue weighted by molar-refractivity contribution is 5.74. The van der Waals surface area contributed by atoms with Crippen LogP contribution in [0, 0.1) is 22.7 Å². The Morgan fingerprint density at radius 3 is 2.40 bits per heavy atom. The fourth-order valence-corrected chi connectivity index (χ4v) is 5.85. The van der Waals surface area contributed by atoms with Crippen molar-refractivity contribution in [3.05, 3.63) is 0 Å². The molecular weight excluding hydrogens is 314 g/mol. The largest absolute Gasteiger partial charge is 0.337 e. The van der Waals surface area contributed by atoms with Gasteiger partial charge in [0, 0.05) is 19.6 Å². The standard InChI is InChI=1S/C20H33N3O2/c1-19(2)8-17(22-14-24)9-20(3,12-19)13-21-18(25)23-10-15-6-4-5-7-16(15)11-23/h15-17H,4-13H2,1-3H3,(H,21,25). The summed E-state index contributed by atoms with van der Waals surface area (Å²) >= 11 is 0. The minimum absolute atomic E-state index is 0.0189. The molecule has 0 aromatic rings. The summed E-state index contributed by atoms with van der Waals surface area (Å²) in [5, 5.41) is 3.19. The third-order valence-corrected chi connectivity index (χ3v) is 6.59. The van der Waals surface area contributed by atoms with Gasteiger partial charge in [-0.1, -0.05) is 33.6 Å². The number of likely N-dealkylation sites (tertiary alicyclic amines) is 1. The summed E-state index contributed by atoms with van der Waals surface area (Å²) in [4.78, 5) is 29.4. The molecule has 3 rings (SSSR count). The minimum Gasteiger partial charge on any atom is -0.337 e. The van der Waals surface area contributed by atoms with Crippen LogP contribution in [0.1, 0.15) is 65.7 Å². The second-order valence-electron chi connectivity index (χ2n) is 9.80. The molecule has 0 radical (unpaired) electrons. The van der Waals surface area contributed by atoms with Crippen LogP contribution in [0.15, 0.2) is 4.99 Å². The van der Waals surface area contributed by atoms with Gasteiger partial charge in [0.2, 0.25) is 6.08 Å². The zero-order valence-corrected chi connectivity index (χ0v) is 16.0. The first-order valence-electron chi connectivity index (χ1n) is 9.90. The quantitative estimate of drug-likeness (QED) is 0.624. The van der Waals surface area contributed by atoms with Crippen LogP contribution < -0.4 is 5.32 Å². The minimum atomic E-state index is -0.0189. The van der Waals surface area contributed by atoms with Crippen LogP contribution in [0.25, 0.3) is 0 Å². The number of fused-ring (bicyclic) bond motifs is 1. The SMILES string of the molecule is CC1(C)CC(N=C=O)CC(C)(CNC(=O)N2CC3CCCCC3C2)C1. The molecule has 0 spiro atoms. The lowest BCUT2D eigenvalue weighted by molar-refractivity contribution is 0.0834. The normalized spacial score (nSPS) is 37.1. The molecule has 2 amide bonds. The van der Waals surface area contributed by atoms with Gasteiger partial charge in [-0.05, 0) is 54.8 Å². The Labute approximate surface area is 151 Å². The van der Waals surface area contributed by atoms with Crippen LogP contribution in [0.3, 0.4) is 0 Å². The van der Waals surface area contributed by atoms with Gasteiger partial charge in [0.05, 0.1) is 6.04 Å². The Balaban J connectivity index is 1.56. The summed E-state index contributed by atoms with van der Waals surface area (Å²) in [7, 11) is 0. The van der Waals surface area contributed by atoms with Crippen molar-refractivity contribution in [1.29, 1.82) is 0 Å². The molecule has 5 heteroatoms. The van der Waals surface area contributed by atoms with Crippen LogP contribution in [0.5, 0.6) is 0 Å². The molecule has 0 bridgehead atoms. The Hall–Kier alpha value is -1.35.